The van der Waals surface area contributed by atoms with Gasteiger partial charge in [-0.15, -0.1) is 11.8 Å². The third kappa shape index (κ3) is 0.892. The summed E-state index contributed by atoms with van der Waals surface area (Å²) in [6.07, 6.45) is 1.89. The Morgan fingerprint density at radius 1 is 1.88 bits per heavy atom. The van der Waals surface area contributed by atoms with Crippen LogP contribution in [0.5, 0.6) is 0 Å². The molecule has 0 radical (unpaired) electrons. The minimum atomic E-state index is 1.01. The van der Waals surface area contributed by atoms with Crippen molar-refractivity contribution in [2.45, 2.75) is 6.92 Å². The summed E-state index contributed by atoms with van der Waals surface area (Å²) >= 11 is 1.80. The van der Waals surface area contributed by atoms with Gasteiger partial charge in [0, 0.05) is 10.6 Å². The third-order valence-electron chi connectivity index (χ3n) is 1.12. The smallest absolute Gasteiger partial charge is 0.0655 e. The zero-order chi connectivity index (χ0) is 5.98. The van der Waals surface area contributed by atoms with Crippen molar-refractivity contribution in [3.63, 3.8) is 0 Å². The quantitative estimate of drug-likeness (QED) is 0.575. The van der Waals surface area contributed by atoms with E-state index in [1.165, 1.54) is 10.6 Å². The fourth-order valence-electron chi connectivity index (χ4n) is 0.629. The van der Waals surface area contributed by atoms with Crippen molar-refractivity contribution >= 4 is 11.8 Å². The van der Waals surface area contributed by atoms with Crippen LogP contribution in [0.1, 0.15) is 6.92 Å². The van der Waals surface area contributed by atoms with Crippen molar-refractivity contribution in [2.75, 3.05) is 5.88 Å². The lowest BCUT2D eigenvalue weighted by Gasteiger charge is -1.90. The van der Waals surface area contributed by atoms with Gasteiger partial charge in [-0.05, 0) is 6.92 Å². The van der Waals surface area contributed by atoms with Gasteiger partial charge in [-0.1, -0.05) is 12.7 Å². The summed E-state index contributed by atoms with van der Waals surface area (Å²) in [5.41, 5.74) is 1.25. The van der Waals surface area contributed by atoms with E-state index in [1.807, 2.05) is 6.08 Å². The van der Waals surface area contributed by atoms with E-state index in [4.69, 9.17) is 0 Å². The SMILES string of the molecule is C=CC1=C(C)NCS1. The molecule has 1 N–H and O–H groups in total. The Balaban J connectivity index is 2.72. The summed E-state index contributed by atoms with van der Waals surface area (Å²) in [5, 5.41) is 3.19. The van der Waals surface area contributed by atoms with E-state index < -0.39 is 0 Å². The molecule has 44 valence electrons. The third-order valence-corrected chi connectivity index (χ3v) is 2.19. The molecule has 0 atom stereocenters. The summed E-state index contributed by atoms with van der Waals surface area (Å²) in [5.74, 6) is 1.01. The lowest BCUT2D eigenvalue weighted by molar-refractivity contribution is 0.978. The van der Waals surface area contributed by atoms with Gasteiger partial charge < -0.3 is 5.32 Å². The molecular formula is C6H9NS. The second-order valence-corrected chi connectivity index (χ2v) is 2.68. The van der Waals surface area contributed by atoms with Crippen molar-refractivity contribution in [1.82, 2.24) is 5.32 Å². The van der Waals surface area contributed by atoms with Crippen LogP contribution in [-0.4, -0.2) is 5.88 Å². The first-order valence-corrected chi connectivity index (χ1v) is 3.53. The summed E-state index contributed by atoms with van der Waals surface area (Å²) in [6, 6.07) is 0. The summed E-state index contributed by atoms with van der Waals surface area (Å²) in [7, 11) is 0. The molecule has 1 rings (SSSR count). The Kier molecular flexibility index (Phi) is 1.63. The molecule has 2 heteroatoms. The van der Waals surface area contributed by atoms with Gasteiger partial charge in [-0.3, -0.25) is 0 Å². The average Bonchev–Trinajstić information content (AvgIpc) is 2.14. The van der Waals surface area contributed by atoms with Gasteiger partial charge >= 0.3 is 0 Å². The molecule has 0 saturated heterocycles. The molecule has 0 aromatic heterocycles. The van der Waals surface area contributed by atoms with Crippen LogP contribution in [0.15, 0.2) is 23.3 Å². The van der Waals surface area contributed by atoms with Crippen LogP contribution in [0.4, 0.5) is 0 Å². The monoisotopic (exact) mass is 127 g/mol. The second kappa shape index (κ2) is 2.27. The van der Waals surface area contributed by atoms with Gasteiger partial charge in [0.25, 0.3) is 0 Å². The Bertz CT molecular complexity index is 137. The molecule has 0 bridgehead atoms. The predicted molar refractivity (Wildman–Crippen MR) is 38.5 cm³/mol. The first-order valence-electron chi connectivity index (χ1n) is 2.54. The Labute approximate surface area is 53.9 Å². The van der Waals surface area contributed by atoms with E-state index in [-0.39, 0.29) is 0 Å². The highest BCUT2D eigenvalue weighted by molar-refractivity contribution is 8.03. The highest BCUT2D eigenvalue weighted by Crippen LogP contribution is 2.23. The number of rotatable bonds is 1. The first kappa shape index (κ1) is 5.76. The lowest BCUT2D eigenvalue weighted by atomic mass is 10.4. The van der Waals surface area contributed by atoms with Crippen LogP contribution in [0.2, 0.25) is 0 Å². The van der Waals surface area contributed by atoms with E-state index >= 15 is 0 Å². The summed E-state index contributed by atoms with van der Waals surface area (Å²) < 4.78 is 0. The minimum absolute atomic E-state index is 1.01. The van der Waals surface area contributed by atoms with Gasteiger partial charge in [0.15, 0.2) is 0 Å². The Morgan fingerprint density at radius 2 is 2.62 bits per heavy atom. The van der Waals surface area contributed by atoms with Crippen LogP contribution >= 0.6 is 11.8 Å². The Morgan fingerprint density at radius 3 is 2.88 bits per heavy atom. The maximum atomic E-state index is 3.67. The molecule has 0 unspecified atom stereocenters. The van der Waals surface area contributed by atoms with Crippen LogP contribution < -0.4 is 5.32 Å². The maximum Gasteiger partial charge on any atom is 0.0655 e. The normalized spacial score (nSPS) is 18.6. The predicted octanol–water partition coefficient (Wildman–Crippen LogP) is 1.70. The van der Waals surface area contributed by atoms with E-state index in [2.05, 4.69) is 18.8 Å². The van der Waals surface area contributed by atoms with E-state index in [0.717, 1.165) is 5.88 Å². The largest absolute Gasteiger partial charge is 0.378 e. The van der Waals surface area contributed by atoms with Gasteiger partial charge in [0.05, 0.1) is 5.88 Å². The molecule has 1 aliphatic heterocycles. The van der Waals surface area contributed by atoms with Crippen molar-refractivity contribution in [2.24, 2.45) is 0 Å². The zero-order valence-corrected chi connectivity index (χ0v) is 5.72. The molecule has 0 saturated carbocycles. The molecule has 0 aliphatic carbocycles. The molecule has 0 spiro atoms. The number of hydrogen-bond donors (Lipinski definition) is 1. The maximum absolute atomic E-state index is 3.67. The van der Waals surface area contributed by atoms with Crippen molar-refractivity contribution in [3.05, 3.63) is 23.3 Å². The first-order chi connectivity index (χ1) is 3.84. The Hall–Kier alpha value is -0.370. The number of nitrogens with one attached hydrogen (secondary N) is 1. The molecule has 0 aromatic rings. The molecule has 1 heterocycles. The van der Waals surface area contributed by atoms with Crippen LogP contribution in [-0.2, 0) is 0 Å². The molecular weight excluding hydrogens is 118 g/mol. The lowest BCUT2D eigenvalue weighted by Crippen LogP contribution is -2.02. The van der Waals surface area contributed by atoms with Gasteiger partial charge in [0.2, 0.25) is 0 Å². The number of thioether (sulfide) groups is 1. The summed E-state index contributed by atoms with van der Waals surface area (Å²) in [6.45, 7) is 5.74. The fourth-order valence-corrected chi connectivity index (χ4v) is 1.48. The number of hydrogen-bond acceptors (Lipinski definition) is 2. The van der Waals surface area contributed by atoms with Crippen LogP contribution in [0.25, 0.3) is 0 Å². The highest BCUT2D eigenvalue weighted by Gasteiger charge is 2.04. The average molecular weight is 127 g/mol. The molecule has 1 nitrogen and oxygen atoms in total. The second-order valence-electron chi connectivity index (χ2n) is 1.66. The van der Waals surface area contributed by atoms with Gasteiger partial charge in [-0.25, -0.2) is 0 Å². The fraction of sp³-hybridized carbons (Fsp3) is 0.333. The van der Waals surface area contributed by atoms with Gasteiger partial charge in [-0.2, -0.15) is 0 Å². The topological polar surface area (TPSA) is 12.0 Å². The molecule has 0 amide bonds. The van der Waals surface area contributed by atoms with E-state index in [1.54, 1.807) is 11.8 Å². The van der Waals surface area contributed by atoms with Crippen LogP contribution in [0, 0.1) is 0 Å². The van der Waals surface area contributed by atoms with Crippen LogP contribution in [0.3, 0.4) is 0 Å². The van der Waals surface area contributed by atoms with Crippen molar-refractivity contribution in [3.8, 4) is 0 Å². The van der Waals surface area contributed by atoms with Crippen molar-refractivity contribution < 1.29 is 0 Å². The summed E-state index contributed by atoms with van der Waals surface area (Å²) in [4.78, 5) is 1.28. The van der Waals surface area contributed by atoms with E-state index in [0.29, 0.717) is 0 Å². The molecule has 0 aromatic carbocycles. The molecule has 0 fully saturated rings. The molecule has 8 heavy (non-hydrogen) atoms. The molecule has 1 aliphatic rings. The minimum Gasteiger partial charge on any atom is -0.378 e. The number of allylic oxidation sites excluding steroid dienone is 2. The van der Waals surface area contributed by atoms with Gasteiger partial charge in [0.1, 0.15) is 0 Å². The van der Waals surface area contributed by atoms with Crippen molar-refractivity contribution in [1.29, 1.82) is 0 Å². The highest BCUT2D eigenvalue weighted by atomic mass is 32.2. The van der Waals surface area contributed by atoms with E-state index in [9.17, 15) is 0 Å². The standard InChI is InChI=1S/C6H9NS/c1-3-6-5(2)7-4-8-6/h3,7H,1,4H2,2H3. The zero-order valence-electron chi connectivity index (χ0n) is 4.90.